The van der Waals surface area contributed by atoms with Crippen LogP contribution in [-0.2, 0) is 26.1 Å². The second-order valence-corrected chi connectivity index (χ2v) is 7.87. The number of carbonyl (C=O) groups excluding carboxylic acids is 1. The molecule has 3 rings (SSSR count). The van der Waals surface area contributed by atoms with Gasteiger partial charge in [0, 0.05) is 19.3 Å². The molecule has 10 heteroatoms. The summed E-state index contributed by atoms with van der Waals surface area (Å²) in [5, 5.41) is 4.01. The minimum absolute atomic E-state index is 0.0432. The smallest absolute Gasteiger partial charge is 0.350 e. The predicted molar refractivity (Wildman–Crippen MR) is 88.7 cm³/mol. The number of hydrogen-bond donors (Lipinski definition) is 0. The summed E-state index contributed by atoms with van der Waals surface area (Å²) in [7, 11) is -2.45. The van der Waals surface area contributed by atoms with E-state index < -0.39 is 21.7 Å². The summed E-state index contributed by atoms with van der Waals surface area (Å²) in [4.78, 5) is 23.7. The Morgan fingerprint density at radius 2 is 1.88 bits per heavy atom. The fraction of sp³-hybridized carbons (Fsp3) is 0.533. The third-order valence-corrected chi connectivity index (χ3v) is 6.14. The normalized spacial score (nSPS) is 16.7. The van der Waals surface area contributed by atoms with E-state index in [9.17, 15) is 18.0 Å². The van der Waals surface area contributed by atoms with Crippen LogP contribution >= 0.6 is 0 Å². The van der Waals surface area contributed by atoms with Gasteiger partial charge in [0.1, 0.15) is 6.54 Å². The van der Waals surface area contributed by atoms with Gasteiger partial charge in [-0.15, -0.1) is 5.10 Å². The molecular formula is C15H20N4O5S. The van der Waals surface area contributed by atoms with E-state index in [-0.39, 0.29) is 17.1 Å². The predicted octanol–water partition coefficient (Wildman–Crippen LogP) is 0.234. The van der Waals surface area contributed by atoms with E-state index in [0.717, 1.165) is 34.8 Å². The molecular weight excluding hydrogens is 348 g/mol. The standard InChI is InChI=1S/C15H20N4O5S/c1-24-14(20)11-19-15(21)18-10-12(6-7-13(18)16-19)25(22,23)17-8-4-2-3-5-9-17/h6-7,10H,2-5,8-9,11H2,1H3. The van der Waals surface area contributed by atoms with E-state index in [4.69, 9.17) is 0 Å². The third kappa shape index (κ3) is 3.45. The van der Waals surface area contributed by atoms with Crippen LogP contribution in [0.3, 0.4) is 0 Å². The number of ether oxygens (including phenoxy) is 1. The number of hydrogen-bond acceptors (Lipinski definition) is 6. The van der Waals surface area contributed by atoms with Gasteiger partial charge in [-0.05, 0) is 25.0 Å². The summed E-state index contributed by atoms with van der Waals surface area (Å²) in [5.41, 5.74) is -0.322. The number of esters is 1. The van der Waals surface area contributed by atoms with Crippen LogP contribution in [-0.4, -0.2) is 53.1 Å². The van der Waals surface area contributed by atoms with Crippen molar-refractivity contribution in [2.45, 2.75) is 37.1 Å². The van der Waals surface area contributed by atoms with Gasteiger partial charge in [0.25, 0.3) is 0 Å². The van der Waals surface area contributed by atoms with E-state index in [1.807, 2.05) is 0 Å². The lowest BCUT2D eigenvalue weighted by Gasteiger charge is -2.19. The van der Waals surface area contributed by atoms with Gasteiger partial charge >= 0.3 is 11.7 Å². The maximum atomic E-state index is 12.8. The van der Waals surface area contributed by atoms with Gasteiger partial charge < -0.3 is 4.74 Å². The second kappa shape index (κ2) is 6.96. The number of sulfonamides is 1. The Hall–Kier alpha value is -2.20. The zero-order valence-corrected chi connectivity index (χ0v) is 14.7. The first-order chi connectivity index (χ1) is 11.9. The van der Waals surface area contributed by atoms with Crippen molar-refractivity contribution >= 4 is 21.6 Å². The lowest BCUT2D eigenvalue weighted by Crippen LogP contribution is -2.32. The minimum Gasteiger partial charge on any atom is -0.468 e. The Morgan fingerprint density at radius 3 is 2.52 bits per heavy atom. The van der Waals surface area contributed by atoms with E-state index in [1.54, 1.807) is 0 Å². The SMILES string of the molecule is COC(=O)Cn1nc2ccc(S(=O)(=O)N3CCCCCC3)cn2c1=O. The van der Waals surface area contributed by atoms with E-state index >= 15 is 0 Å². The molecule has 0 amide bonds. The quantitative estimate of drug-likeness (QED) is 0.716. The molecule has 0 aliphatic carbocycles. The Kier molecular flexibility index (Phi) is 4.91. The van der Waals surface area contributed by atoms with Crippen LogP contribution in [0.25, 0.3) is 5.65 Å². The van der Waals surface area contributed by atoms with E-state index in [1.165, 1.54) is 29.7 Å². The van der Waals surface area contributed by atoms with Crippen molar-refractivity contribution in [1.29, 1.82) is 0 Å². The monoisotopic (exact) mass is 368 g/mol. The lowest BCUT2D eigenvalue weighted by atomic mass is 10.2. The van der Waals surface area contributed by atoms with Gasteiger partial charge in [-0.3, -0.25) is 4.79 Å². The van der Waals surface area contributed by atoms with Crippen molar-refractivity contribution in [3.8, 4) is 0 Å². The number of aromatic nitrogens is 3. The fourth-order valence-electron chi connectivity index (χ4n) is 2.87. The van der Waals surface area contributed by atoms with Crippen LogP contribution in [0.5, 0.6) is 0 Å². The molecule has 1 aliphatic heterocycles. The van der Waals surface area contributed by atoms with Crippen LogP contribution < -0.4 is 5.69 Å². The number of fused-ring (bicyclic) bond motifs is 1. The first-order valence-electron chi connectivity index (χ1n) is 8.09. The van der Waals surface area contributed by atoms with E-state index in [2.05, 4.69) is 9.84 Å². The highest BCUT2D eigenvalue weighted by atomic mass is 32.2. The molecule has 0 saturated carbocycles. The van der Waals surface area contributed by atoms with Crippen molar-refractivity contribution in [2.24, 2.45) is 0 Å². The Labute approximate surface area is 144 Å². The summed E-state index contributed by atoms with van der Waals surface area (Å²) >= 11 is 0. The molecule has 0 bridgehead atoms. The van der Waals surface area contributed by atoms with Crippen molar-refractivity contribution in [3.05, 3.63) is 28.8 Å². The van der Waals surface area contributed by atoms with Crippen LogP contribution in [0.4, 0.5) is 0 Å². The molecule has 2 aromatic rings. The van der Waals surface area contributed by atoms with Crippen molar-refractivity contribution < 1.29 is 17.9 Å². The maximum absolute atomic E-state index is 12.8. The molecule has 25 heavy (non-hydrogen) atoms. The molecule has 2 aromatic heterocycles. The Morgan fingerprint density at radius 1 is 1.20 bits per heavy atom. The van der Waals surface area contributed by atoms with Crippen molar-refractivity contribution in [1.82, 2.24) is 18.5 Å². The summed E-state index contributed by atoms with van der Waals surface area (Å²) in [6.45, 7) is 0.638. The molecule has 1 aliphatic rings. The molecule has 0 radical (unpaired) electrons. The van der Waals surface area contributed by atoms with Crippen LogP contribution in [0.1, 0.15) is 25.7 Å². The summed E-state index contributed by atoms with van der Waals surface area (Å²) in [6.07, 6.45) is 4.96. The number of methoxy groups -OCH3 is 1. The van der Waals surface area contributed by atoms with Crippen LogP contribution in [0, 0.1) is 0 Å². The molecule has 0 aromatic carbocycles. The molecule has 0 unspecified atom stereocenters. The second-order valence-electron chi connectivity index (χ2n) is 5.93. The Balaban J connectivity index is 1.99. The average molecular weight is 368 g/mol. The molecule has 0 N–H and O–H groups in total. The first-order valence-corrected chi connectivity index (χ1v) is 9.53. The van der Waals surface area contributed by atoms with Gasteiger partial charge in [0.2, 0.25) is 10.0 Å². The highest BCUT2D eigenvalue weighted by Gasteiger charge is 2.26. The molecule has 0 spiro atoms. The molecule has 1 saturated heterocycles. The van der Waals surface area contributed by atoms with Crippen LogP contribution in [0.2, 0.25) is 0 Å². The molecule has 3 heterocycles. The van der Waals surface area contributed by atoms with Gasteiger partial charge in [0.05, 0.1) is 12.0 Å². The molecule has 136 valence electrons. The average Bonchev–Trinajstić information content (AvgIpc) is 2.80. The van der Waals surface area contributed by atoms with Gasteiger partial charge in [-0.25, -0.2) is 22.3 Å². The zero-order valence-electron chi connectivity index (χ0n) is 13.9. The highest BCUT2D eigenvalue weighted by Crippen LogP contribution is 2.20. The molecule has 9 nitrogen and oxygen atoms in total. The topological polar surface area (TPSA) is 103 Å². The van der Waals surface area contributed by atoms with Gasteiger partial charge in [-0.1, -0.05) is 12.8 Å². The fourth-order valence-corrected chi connectivity index (χ4v) is 4.39. The lowest BCUT2D eigenvalue weighted by molar-refractivity contribution is -0.141. The molecule has 0 atom stereocenters. The van der Waals surface area contributed by atoms with Gasteiger partial charge in [-0.2, -0.15) is 4.31 Å². The zero-order chi connectivity index (χ0) is 18.0. The largest absolute Gasteiger partial charge is 0.468 e. The van der Waals surface area contributed by atoms with Crippen LogP contribution in [0.15, 0.2) is 28.0 Å². The Bertz CT molecular complexity index is 938. The van der Waals surface area contributed by atoms with Crippen molar-refractivity contribution in [3.63, 3.8) is 0 Å². The highest BCUT2D eigenvalue weighted by molar-refractivity contribution is 7.89. The van der Waals surface area contributed by atoms with Gasteiger partial charge in [0.15, 0.2) is 5.65 Å². The summed E-state index contributed by atoms with van der Waals surface area (Å²) < 4.78 is 33.7. The minimum atomic E-state index is -3.67. The summed E-state index contributed by atoms with van der Waals surface area (Å²) in [6, 6.07) is 2.89. The molecule has 1 fully saturated rings. The van der Waals surface area contributed by atoms with Crippen molar-refractivity contribution in [2.75, 3.05) is 20.2 Å². The number of carbonyl (C=O) groups is 1. The first kappa shape index (κ1) is 17.6. The van der Waals surface area contributed by atoms with E-state index in [0.29, 0.717) is 13.1 Å². The number of rotatable bonds is 4. The number of pyridine rings is 1. The number of nitrogens with zero attached hydrogens (tertiary/aromatic N) is 4. The third-order valence-electron chi connectivity index (χ3n) is 4.26. The maximum Gasteiger partial charge on any atom is 0.350 e. The summed E-state index contributed by atoms with van der Waals surface area (Å²) in [5.74, 6) is -0.608.